The van der Waals surface area contributed by atoms with Crippen LogP contribution in [0.15, 0.2) is 28.9 Å². The molecule has 0 spiro atoms. The first-order chi connectivity index (χ1) is 11.4. The highest BCUT2D eigenvalue weighted by atomic mass is 79.9. The number of ether oxygens (including phenoxy) is 2. The van der Waals surface area contributed by atoms with E-state index in [-0.39, 0.29) is 23.8 Å². The number of urea groups is 1. The van der Waals surface area contributed by atoms with Crippen molar-refractivity contribution in [3.8, 4) is 11.5 Å². The van der Waals surface area contributed by atoms with Gasteiger partial charge in [-0.15, -0.1) is 0 Å². The van der Waals surface area contributed by atoms with Crippen molar-refractivity contribution < 1.29 is 24.2 Å². The maximum Gasteiger partial charge on any atom is 0.319 e. The maximum absolute atomic E-state index is 12.4. The van der Waals surface area contributed by atoms with E-state index in [1.807, 2.05) is 6.92 Å². The summed E-state index contributed by atoms with van der Waals surface area (Å²) in [5.74, 6) is -1.12. The zero-order chi connectivity index (χ0) is 17.9. The van der Waals surface area contributed by atoms with Gasteiger partial charge in [0, 0.05) is 5.70 Å². The lowest BCUT2D eigenvalue weighted by Gasteiger charge is -2.33. The van der Waals surface area contributed by atoms with Crippen molar-refractivity contribution >= 4 is 27.9 Å². The molecule has 130 valence electrons. The lowest BCUT2D eigenvalue weighted by Crippen LogP contribution is -2.51. The van der Waals surface area contributed by atoms with Crippen molar-refractivity contribution in [2.45, 2.75) is 19.4 Å². The normalized spacial score (nSPS) is 20.1. The molecule has 1 saturated heterocycles. The number of halogens is 1. The Morgan fingerprint density at radius 3 is 2.79 bits per heavy atom. The van der Waals surface area contributed by atoms with Crippen molar-refractivity contribution in [1.29, 1.82) is 0 Å². The number of aromatic hydroxyl groups is 1. The van der Waals surface area contributed by atoms with Gasteiger partial charge in [0.25, 0.3) is 0 Å². The van der Waals surface area contributed by atoms with Gasteiger partial charge >= 0.3 is 12.0 Å². The van der Waals surface area contributed by atoms with Gasteiger partial charge in [-0.3, -0.25) is 4.79 Å². The predicted molar refractivity (Wildman–Crippen MR) is 90.6 cm³/mol. The van der Waals surface area contributed by atoms with E-state index in [9.17, 15) is 14.7 Å². The highest BCUT2D eigenvalue weighted by Gasteiger charge is 2.39. The molecule has 7 nitrogen and oxygen atoms in total. The third-order valence-electron chi connectivity index (χ3n) is 3.60. The summed E-state index contributed by atoms with van der Waals surface area (Å²) < 4.78 is 10.7. The number of amides is 2. The minimum atomic E-state index is -0.796. The molecule has 2 amide bonds. The van der Waals surface area contributed by atoms with Crippen LogP contribution in [-0.4, -0.2) is 30.8 Å². The van der Waals surface area contributed by atoms with Gasteiger partial charge in [0.1, 0.15) is 5.92 Å². The van der Waals surface area contributed by atoms with Gasteiger partial charge in [-0.1, -0.05) is 13.5 Å². The number of phenols is 1. The Bertz CT molecular complexity index is 677. The molecule has 0 saturated carbocycles. The molecular weight excluding hydrogens is 380 g/mol. The van der Waals surface area contributed by atoms with E-state index in [0.29, 0.717) is 16.5 Å². The minimum Gasteiger partial charge on any atom is -0.503 e. The summed E-state index contributed by atoms with van der Waals surface area (Å²) in [7, 11) is 1.41. The molecule has 0 bridgehead atoms. The lowest BCUT2D eigenvalue weighted by molar-refractivity contribution is -0.148. The Morgan fingerprint density at radius 2 is 2.17 bits per heavy atom. The average molecular weight is 399 g/mol. The summed E-state index contributed by atoms with van der Waals surface area (Å²) in [6.45, 7) is 5.94. The van der Waals surface area contributed by atoms with Crippen molar-refractivity contribution in [3.05, 3.63) is 34.4 Å². The number of benzene rings is 1. The van der Waals surface area contributed by atoms with E-state index in [1.54, 1.807) is 12.1 Å². The monoisotopic (exact) mass is 398 g/mol. The Labute approximate surface area is 148 Å². The average Bonchev–Trinajstić information content (AvgIpc) is 2.54. The quantitative estimate of drug-likeness (QED) is 0.662. The van der Waals surface area contributed by atoms with Crippen LogP contribution in [0, 0.1) is 5.92 Å². The Morgan fingerprint density at radius 1 is 1.46 bits per heavy atom. The van der Waals surface area contributed by atoms with Gasteiger partial charge in [0.2, 0.25) is 0 Å². The third-order valence-corrected chi connectivity index (χ3v) is 4.21. The fraction of sp³-hybridized carbons (Fsp3) is 0.375. The Balaban J connectivity index is 2.42. The fourth-order valence-corrected chi connectivity index (χ4v) is 2.92. The van der Waals surface area contributed by atoms with Crippen LogP contribution < -0.4 is 15.4 Å². The molecule has 1 heterocycles. The number of phenolic OH excluding ortho intramolecular Hbond substituents is 1. The van der Waals surface area contributed by atoms with Gasteiger partial charge in [0.05, 0.1) is 24.2 Å². The number of esters is 1. The van der Waals surface area contributed by atoms with Crippen LogP contribution in [0.3, 0.4) is 0 Å². The molecule has 2 rings (SSSR count). The highest BCUT2D eigenvalue weighted by molar-refractivity contribution is 9.10. The molecule has 0 radical (unpaired) electrons. The molecule has 0 aromatic heterocycles. The van der Waals surface area contributed by atoms with Crippen LogP contribution in [0.25, 0.3) is 0 Å². The molecule has 0 unspecified atom stereocenters. The van der Waals surface area contributed by atoms with Crippen molar-refractivity contribution in [2.24, 2.45) is 5.92 Å². The smallest absolute Gasteiger partial charge is 0.319 e. The van der Waals surface area contributed by atoms with Crippen molar-refractivity contribution in [3.63, 3.8) is 0 Å². The second-order valence-corrected chi connectivity index (χ2v) is 6.15. The molecule has 3 N–H and O–H groups in total. The Hall–Kier alpha value is -2.22. The van der Waals surface area contributed by atoms with E-state index >= 15 is 0 Å². The van der Waals surface area contributed by atoms with Crippen molar-refractivity contribution in [2.75, 3.05) is 13.7 Å². The molecule has 8 heteroatoms. The number of hydrogen-bond donors (Lipinski definition) is 3. The van der Waals surface area contributed by atoms with Crippen LogP contribution in [-0.2, 0) is 9.53 Å². The summed E-state index contributed by atoms with van der Waals surface area (Å²) in [5, 5.41) is 15.1. The van der Waals surface area contributed by atoms with Crippen LogP contribution in [0.4, 0.5) is 4.79 Å². The zero-order valence-corrected chi connectivity index (χ0v) is 15.0. The van der Waals surface area contributed by atoms with Crippen molar-refractivity contribution in [1.82, 2.24) is 10.6 Å². The Kier molecular flexibility index (Phi) is 5.71. The molecule has 0 aliphatic carbocycles. The van der Waals surface area contributed by atoms with Gasteiger partial charge in [-0.05, 0) is 40.0 Å². The van der Waals surface area contributed by atoms with E-state index < -0.39 is 24.0 Å². The number of carbonyl (C=O) groups is 2. The molecule has 1 fully saturated rings. The molecule has 1 aliphatic rings. The van der Waals surface area contributed by atoms with E-state index in [0.717, 1.165) is 0 Å². The van der Waals surface area contributed by atoms with Gasteiger partial charge in [-0.25, -0.2) is 4.79 Å². The number of carbonyl (C=O) groups excluding carboxylic acids is 2. The third kappa shape index (κ3) is 3.64. The summed E-state index contributed by atoms with van der Waals surface area (Å²) in [4.78, 5) is 24.2. The molecule has 1 aliphatic heterocycles. The van der Waals surface area contributed by atoms with Gasteiger partial charge in [-0.2, -0.15) is 0 Å². The molecule has 1 aromatic rings. The first kappa shape index (κ1) is 18.1. The largest absolute Gasteiger partial charge is 0.503 e. The summed E-state index contributed by atoms with van der Waals surface area (Å²) in [5.41, 5.74) is 0.832. The van der Waals surface area contributed by atoms with E-state index in [1.165, 1.54) is 7.11 Å². The summed E-state index contributed by atoms with van der Waals surface area (Å²) >= 11 is 3.24. The summed E-state index contributed by atoms with van der Waals surface area (Å²) in [6, 6.07) is 2.01. The first-order valence-corrected chi connectivity index (χ1v) is 8.17. The second kappa shape index (κ2) is 7.57. The standard InChI is InChI=1S/C16H19BrN2O5/c1-4-5-24-15(21)12-8(2)18-16(22)19-13(12)9-6-10(17)14(20)11(7-9)23-3/h6-7,12-13,20H,2,4-5H2,1,3H3,(H2,18,19,22)/t12-,13+/m1/s1. The summed E-state index contributed by atoms with van der Waals surface area (Å²) in [6.07, 6.45) is 0.688. The predicted octanol–water partition coefficient (Wildman–Crippen LogP) is 2.60. The van der Waals surface area contributed by atoms with E-state index in [2.05, 4.69) is 33.1 Å². The highest BCUT2D eigenvalue weighted by Crippen LogP contribution is 2.40. The SMILES string of the molecule is C=C1NC(=O)N[C@@H](c2cc(Br)c(O)c(OC)c2)[C@@H]1C(=O)OCCC. The number of methoxy groups -OCH3 is 1. The number of hydrogen-bond acceptors (Lipinski definition) is 5. The van der Waals surface area contributed by atoms with Gasteiger partial charge < -0.3 is 25.2 Å². The molecule has 2 atom stereocenters. The lowest BCUT2D eigenvalue weighted by atomic mass is 9.89. The van der Waals surface area contributed by atoms with E-state index in [4.69, 9.17) is 9.47 Å². The van der Waals surface area contributed by atoms with Crippen LogP contribution in [0.2, 0.25) is 0 Å². The first-order valence-electron chi connectivity index (χ1n) is 7.38. The minimum absolute atomic E-state index is 0.0644. The van der Waals surface area contributed by atoms with Crippen LogP contribution in [0.1, 0.15) is 24.9 Å². The maximum atomic E-state index is 12.4. The molecule has 1 aromatic carbocycles. The zero-order valence-electron chi connectivity index (χ0n) is 13.4. The number of rotatable bonds is 5. The number of nitrogens with one attached hydrogen (secondary N) is 2. The van der Waals surface area contributed by atoms with Crippen LogP contribution >= 0.6 is 15.9 Å². The fourth-order valence-electron chi connectivity index (χ4n) is 2.46. The molecule has 24 heavy (non-hydrogen) atoms. The molecular formula is C16H19BrN2O5. The van der Waals surface area contributed by atoms with Crippen LogP contribution in [0.5, 0.6) is 11.5 Å². The second-order valence-electron chi connectivity index (χ2n) is 5.30. The topological polar surface area (TPSA) is 96.9 Å². The van der Waals surface area contributed by atoms with Gasteiger partial charge in [0.15, 0.2) is 11.5 Å².